The molecule has 226 valence electrons. The van der Waals surface area contributed by atoms with Crippen LogP contribution in [0.4, 0.5) is 16.2 Å². The Labute approximate surface area is 249 Å². The number of esters is 1. The van der Waals surface area contributed by atoms with Gasteiger partial charge in [0.25, 0.3) is 11.4 Å². The zero-order valence-electron chi connectivity index (χ0n) is 22.9. The van der Waals surface area contributed by atoms with Gasteiger partial charge in [-0.3, -0.25) is 25.0 Å². The van der Waals surface area contributed by atoms with E-state index in [0.717, 1.165) is 4.91 Å². The van der Waals surface area contributed by atoms with Crippen molar-refractivity contribution in [3.8, 4) is 0 Å². The van der Waals surface area contributed by atoms with Gasteiger partial charge in [0.15, 0.2) is 0 Å². The summed E-state index contributed by atoms with van der Waals surface area (Å²) in [7, 11) is 0. The van der Waals surface area contributed by atoms with E-state index >= 15 is 0 Å². The minimum Gasteiger partial charge on any atom is -0.456 e. The highest BCUT2D eigenvalue weighted by Crippen LogP contribution is 2.41. The van der Waals surface area contributed by atoms with Crippen LogP contribution in [0.15, 0.2) is 71.3 Å². The van der Waals surface area contributed by atoms with Crippen LogP contribution in [0, 0.1) is 26.1 Å². The minimum atomic E-state index is -0.928. The third-order valence-corrected chi connectivity index (χ3v) is 7.87. The van der Waals surface area contributed by atoms with Gasteiger partial charge in [0, 0.05) is 43.0 Å². The highest BCUT2D eigenvalue weighted by Gasteiger charge is 2.53. The molecular weight excluding hydrogens is 584 g/mol. The summed E-state index contributed by atoms with van der Waals surface area (Å²) in [4.78, 5) is 60.6. The molecule has 2 amide bonds. The molecular formula is C28H28N4O10S. The molecule has 2 aromatic carbocycles. The van der Waals surface area contributed by atoms with Gasteiger partial charge >= 0.3 is 12.1 Å². The Morgan fingerprint density at radius 3 is 2.09 bits per heavy atom. The summed E-state index contributed by atoms with van der Waals surface area (Å²) in [6.45, 7) is 1.56. The fraction of sp³-hybridized carbons (Fsp3) is 0.321. The van der Waals surface area contributed by atoms with Gasteiger partial charge in [-0.2, -0.15) is 0 Å². The number of ether oxygens (including phenoxy) is 2. The molecule has 0 unspecified atom stereocenters. The monoisotopic (exact) mass is 612 g/mol. The molecule has 2 aliphatic rings. The van der Waals surface area contributed by atoms with Gasteiger partial charge in [0.1, 0.15) is 18.9 Å². The molecule has 0 aromatic heterocycles. The molecule has 0 radical (unpaired) electrons. The number of nitrogens with one attached hydrogen (secondary N) is 1. The van der Waals surface area contributed by atoms with Crippen LogP contribution in [0.1, 0.15) is 24.5 Å². The number of amides is 2. The summed E-state index contributed by atoms with van der Waals surface area (Å²) < 4.78 is 10.5. The number of benzene rings is 2. The molecule has 1 fully saturated rings. The van der Waals surface area contributed by atoms with Crippen molar-refractivity contribution in [1.29, 1.82) is 0 Å². The Hall–Kier alpha value is -4.76. The Kier molecular flexibility index (Phi) is 10.1. The number of alkyl carbamates (subject to hydrolysis) is 1. The van der Waals surface area contributed by atoms with E-state index < -0.39 is 45.9 Å². The lowest BCUT2D eigenvalue weighted by Crippen LogP contribution is -2.64. The molecule has 1 saturated heterocycles. The highest BCUT2D eigenvalue weighted by atomic mass is 32.2. The molecule has 4 rings (SSSR count). The fourth-order valence-electron chi connectivity index (χ4n) is 4.60. The van der Waals surface area contributed by atoms with Crippen molar-refractivity contribution in [2.45, 2.75) is 38.7 Å². The topological polar surface area (TPSA) is 191 Å². The minimum absolute atomic E-state index is 0.0253. The van der Waals surface area contributed by atoms with Gasteiger partial charge in [-0.05, 0) is 53.3 Å². The molecule has 0 spiro atoms. The Morgan fingerprint density at radius 2 is 1.56 bits per heavy atom. The lowest BCUT2D eigenvalue weighted by atomic mass is 9.81. The van der Waals surface area contributed by atoms with Gasteiger partial charge < -0.3 is 24.8 Å². The molecule has 2 heterocycles. The van der Waals surface area contributed by atoms with Crippen molar-refractivity contribution in [1.82, 2.24) is 10.2 Å². The van der Waals surface area contributed by atoms with Crippen LogP contribution < -0.4 is 5.32 Å². The molecule has 2 aromatic rings. The second-order valence-electron chi connectivity index (χ2n) is 9.71. The van der Waals surface area contributed by atoms with Gasteiger partial charge in [0.05, 0.1) is 27.9 Å². The maximum Gasteiger partial charge on any atom is 0.407 e. The van der Waals surface area contributed by atoms with Crippen molar-refractivity contribution < 1.29 is 38.8 Å². The summed E-state index contributed by atoms with van der Waals surface area (Å²) >= 11 is 1.41. The standard InChI is InChI=1S/C28H28N4O10S/c1-17(33)25-24-14-22(43-13-12-29-28(36)42-16-19-4-8-21(9-5-19)32(39)40)10-11-23(30(24)26(25)34)27(35)41-15-18-2-6-20(7-3-18)31(37)38/h2-11,17,24-25,33H,12-16H2,1H3,(H,29,36)/t17-,24-,25-/m1/s1. The maximum atomic E-state index is 13.0. The summed E-state index contributed by atoms with van der Waals surface area (Å²) in [5, 5.41) is 34.4. The number of hydrogen-bond donors (Lipinski definition) is 2. The number of nitro groups is 2. The molecule has 43 heavy (non-hydrogen) atoms. The maximum absolute atomic E-state index is 13.0. The predicted molar refractivity (Wildman–Crippen MR) is 153 cm³/mol. The number of carbonyl (C=O) groups excluding carboxylic acids is 3. The van der Waals surface area contributed by atoms with Gasteiger partial charge in [-0.1, -0.05) is 6.08 Å². The number of fused-ring (bicyclic) bond motifs is 1. The first-order valence-corrected chi connectivity index (χ1v) is 14.1. The van der Waals surface area contributed by atoms with Crippen molar-refractivity contribution >= 4 is 41.1 Å². The average molecular weight is 613 g/mol. The van der Waals surface area contributed by atoms with Crippen LogP contribution in [0.2, 0.25) is 0 Å². The Balaban J connectivity index is 1.31. The first kappa shape index (κ1) is 31.2. The zero-order valence-corrected chi connectivity index (χ0v) is 23.7. The molecule has 0 bridgehead atoms. The highest BCUT2D eigenvalue weighted by molar-refractivity contribution is 8.03. The summed E-state index contributed by atoms with van der Waals surface area (Å²) in [5.74, 6) is -1.39. The molecule has 0 aliphatic carbocycles. The van der Waals surface area contributed by atoms with Crippen LogP contribution in [0.25, 0.3) is 0 Å². The number of carbonyl (C=O) groups is 3. The first-order chi connectivity index (χ1) is 20.5. The fourth-order valence-corrected chi connectivity index (χ4v) is 5.52. The number of allylic oxidation sites excluding steroid dienone is 2. The number of hydrogen-bond acceptors (Lipinski definition) is 11. The number of aliphatic hydroxyl groups is 1. The van der Waals surface area contributed by atoms with E-state index in [4.69, 9.17) is 9.47 Å². The molecule has 3 atom stereocenters. The van der Waals surface area contributed by atoms with Crippen LogP contribution in [0.3, 0.4) is 0 Å². The number of β-lactam (4-membered cyclic amide) rings is 1. The lowest BCUT2D eigenvalue weighted by molar-refractivity contribution is -0.385. The van der Waals surface area contributed by atoms with Crippen LogP contribution >= 0.6 is 11.8 Å². The number of thioether (sulfide) groups is 1. The third-order valence-electron chi connectivity index (χ3n) is 6.79. The van der Waals surface area contributed by atoms with Crippen molar-refractivity contribution in [2.24, 2.45) is 5.92 Å². The smallest absolute Gasteiger partial charge is 0.407 e. The quantitative estimate of drug-likeness (QED) is 0.117. The predicted octanol–water partition coefficient (Wildman–Crippen LogP) is 3.59. The van der Waals surface area contributed by atoms with E-state index in [-0.39, 0.29) is 36.8 Å². The SMILES string of the molecule is C[C@@H](O)[C@H]1C(=O)N2C(C(=O)OCc3ccc([N+](=O)[O-])cc3)=CC=C(SCCNC(=O)OCc3ccc([N+](=O)[O-])cc3)C[C@H]12. The second kappa shape index (κ2) is 13.9. The number of non-ortho nitro benzene ring substituents is 2. The van der Waals surface area contributed by atoms with E-state index in [1.807, 2.05) is 0 Å². The lowest BCUT2D eigenvalue weighted by Gasteiger charge is -2.48. The molecule has 15 heteroatoms. The van der Waals surface area contributed by atoms with Crippen molar-refractivity contribution in [3.63, 3.8) is 0 Å². The van der Waals surface area contributed by atoms with Crippen LogP contribution in [-0.2, 0) is 32.3 Å². The van der Waals surface area contributed by atoms with Gasteiger partial charge in [0.2, 0.25) is 5.91 Å². The number of rotatable bonds is 12. The average Bonchev–Trinajstić information content (AvgIpc) is 3.14. The van der Waals surface area contributed by atoms with Crippen molar-refractivity contribution in [2.75, 3.05) is 12.3 Å². The van der Waals surface area contributed by atoms with E-state index in [2.05, 4.69) is 5.32 Å². The van der Waals surface area contributed by atoms with Gasteiger partial charge in [-0.15, -0.1) is 11.8 Å². The van der Waals surface area contributed by atoms with Crippen LogP contribution in [-0.4, -0.2) is 62.3 Å². The molecule has 14 nitrogen and oxygen atoms in total. The van der Waals surface area contributed by atoms with Crippen LogP contribution in [0.5, 0.6) is 0 Å². The number of nitro benzene ring substituents is 2. The Bertz CT molecular complexity index is 1460. The summed E-state index contributed by atoms with van der Waals surface area (Å²) in [5.41, 5.74) is 1.00. The molecule has 0 saturated carbocycles. The van der Waals surface area contributed by atoms with E-state index in [1.54, 1.807) is 6.08 Å². The summed E-state index contributed by atoms with van der Waals surface area (Å²) in [6.07, 6.45) is 1.99. The largest absolute Gasteiger partial charge is 0.456 e. The first-order valence-electron chi connectivity index (χ1n) is 13.1. The zero-order chi connectivity index (χ0) is 31.1. The second-order valence-corrected chi connectivity index (χ2v) is 10.9. The number of aliphatic hydroxyl groups excluding tert-OH is 1. The third kappa shape index (κ3) is 7.75. The molecule has 2 aliphatic heterocycles. The van der Waals surface area contributed by atoms with Gasteiger partial charge in [-0.25, -0.2) is 9.59 Å². The van der Waals surface area contributed by atoms with E-state index in [1.165, 1.54) is 78.2 Å². The normalized spacial score (nSPS) is 18.2. The Morgan fingerprint density at radius 1 is 1.00 bits per heavy atom. The van der Waals surface area contributed by atoms with E-state index in [0.29, 0.717) is 23.3 Å². The van der Waals surface area contributed by atoms with E-state index in [9.17, 15) is 39.7 Å². The summed E-state index contributed by atoms with van der Waals surface area (Å²) in [6, 6.07) is 10.7. The molecule has 2 N–H and O–H groups in total. The number of nitrogens with zero attached hydrogens (tertiary/aromatic N) is 3. The van der Waals surface area contributed by atoms with Crippen molar-refractivity contribution in [3.05, 3.63) is 103 Å².